The first-order chi connectivity index (χ1) is 29.9. The highest BCUT2D eigenvalue weighted by molar-refractivity contribution is 7.24. The van der Waals surface area contributed by atoms with Crippen LogP contribution < -0.4 is 9.47 Å². The van der Waals surface area contributed by atoms with Crippen molar-refractivity contribution < 1.29 is 19.1 Å². The van der Waals surface area contributed by atoms with Crippen LogP contribution in [0, 0.1) is 13.8 Å². The maximum Gasteiger partial charge on any atom is 0.262 e. The molecule has 0 saturated heterocycles. The first-order valence-electron chi connectivity index (χ1n) is 25.2. The van der Waals surface area contributed by atoms with E-state index in [1.54, 1.807) is 11.3 Å². The predicted octanol–water partition coefficient (Wildman–Crippen LogP) is 16.7. The summed E-state index contributed by atoms with van der Waals surface area (Å²) in [6, 6.07) is 3.94. The van der Waals surface area contributed by atoms with Crippen LogP contribution in [0.3, 0.4) is 0 Å². The van der Waals surface area contributed by atoms with E-state index in [2.05, 4.69) is 20.8 Å². The lowest BCUT2D eigenvalue weighted by Gasteiger charge is -2.13. The number of carbonyl (C=O) groups is 2. The molecule has 9 heteroatoms. The van der Waals surface area contributed by atoms with E-state index < -0.39 is 0 Å². The summed E-state index contributed by atoms with van der Waals surface area (Å²) in [7, 11) is 0. The van der Waals surface area contributed by atoms with Gasteiger partial charge in [-0.05, 0) is 38.7 Å². The molecule has 1 aromatic carbocycles. The van der Waals surface area contributed by atoms with Crippen molar-refractivity contribution in [3.8, 4) is 32.1 Å². The number of aromatic nitrogens is 2. The fraction of sp³-hybridized carbons (Fsp3) is 0.731. The molecule has 4 rings (SSSR count). The van der Waals surface area contributed by atoms with E-state index in [1.165, 1.54) is 164 Å². The number of ether oxygens (including phenoxy) is 2. The third-order valence-electron chi connectivity index (χ3n) is 12.3. The Morgan fingerprint density at radius 1 is 0.475 bits per heavy atom. The zero-order chi connectivity index (χ0) is 43.5. The summed E-state index contributed by atoms with van der Waals surface area (Å²) in [4.78, 5) is 41.3. The molecule has 2 amide bonds. The zero-order valence-electron chi connectivity index (χ0n) is 39.3. The van der Waals surface area contributed by atoms with E-state index in [0.29, 0.717) is 53.2 Å². The molecule has 0 unspecified atom stereocenters. The summed E-state index contributed by atoms with van der Waals surface area (Å²) in [5.74, 6) is 0.829. The van der Waals surface area contributed by atoms with Gasteiger partial charge in [-0.15, -0.1) is 22.7 Å². The molecule has 0 radical (unpaired) electrons. The number of fused-ring (bicyclic) bond motifs is 1. The lowest BCUT2D eigenvalue weighted by atomic mass is 9.98. The van der Waals surface area contributed by atoms with Crippen molar-refractivity contribution in [1.29, 1.82) is 0 Å². The van der Waals surface area contributed by atoms with Crippen molar-refractivity contribution in [2.45, 2.75) is 227 Å². The van der Waals surface area contributed by atoms with Crippen LogP contribution in [0.5, 0.6) is 11.8 Å². The molecule has 0 atom stereocenters. The van der Waals surface area contributed by atoms with Crippen molar-refractivity contribution in [2.75, 3.05) is 19.8 Å². The molecule has 0 saturated carbocycles. The Kier molecular flexibility index (Phi) is 25.3. The first kappa shape index (κ1) is 50.9. The number of aryl methyl sites for hydroxylation is 2. The molecular formula is C52H83N3O4S2. The number of amides is 2. The van der Waals surface area contributed by atoms with Crippen LogP contribution in [0.4, 0.5) is 0 Å². The zero-order valence-corrected chi connectivity index (χ0v) is 40.9. The van der Waals surface area contributed by atoms with Gasteiger partial charge in [0.05, 0.1) is 29.3 Å². The maximum atomic E-state index is 14.2. The van der Waals surface area contributed by atoms with Gasteiger partial charge in [-0.2, -0.15) is 0 Å². The minimum Gasteiger partial charge on any atom is -0.477 e. The number of rotatable bonds is 37. The van der Waals surface area contributed by atoms with Crippen LogP contribution in [0.1, 0.15) is 245 Å². The highest BCUT2D eigenvalue weighted by Gasteiger charge is 2.39. The van der Waals surface area contributed by atoms with Crippen molar-refractivity contribution in [3.63, 3.8) is 0 Å². The summed E-state index contributed by atoms with van der Waals surface area (Å²) in [5, 5.41) is 1.63. The number of thiazole rings is 2. The van der Waals surface area contributed by atoms with Gasteiger partial charge in [-0.25, -0.2) is 9.97 Å². The molecule has 1 aliphatic heterocycles. The van der Waals surface area contributed by atoms with Crippen molar-refractivity contribution >= 4 is 34.5 Å². The van der Waals surface area contributed by atoms with Gasteiger partial charge in [-0.1, -0.05) is 206 Å². The number of carbonyl (C=O) groups excluding carboxylic acids is 2. The largest absolute Gasteiger partial charge is 0.477 e. The molecule has 7 nitrogen and oxygen atoms in total. The van der Waals surface area contributed by atoms with Gasteiger partial charge < -0.3 is 9.47 Å². The van der Waals surface area contributed by atoms with E-state index in [9.17, 15) is 9.59 Å². The van der Waals surface area contributed by atoms with Crippen molar-refractivity contribution in [1.82, 2.24) is 14.9 Å². The van der Waals surface area contributed by atoms with E-state index in [1.807, 2.05) is 26.0 Å². The molecule has 3 heterocycles. The number of imide groups is 1. The minimum atomic E-state index is -0.201. The lowest BCUT2D eigenvalue weighted by Crippen LogP contribution is -2.30. The fourth-order valence-electron chi connectivity index (χ4n) is 8.53. The Hall–Kier alpha value is -2.78. The molecule has 0 N–H and O–H groups in total. The smallest absolute Gasteiger partial charge is 0.262 e. The van der Waals surface area contributed by atoms with Gasteiger partial charge in [0.25, 0.3) is 11.8 Å². The highest BCUT2D eigenvalue weighted by atomic mass is 32.1. The van der Waals surface area contributed by atoms with E-state index in [0.717, 1.165) is 65.3 Å². The number of hydrogen-bond donors (Lipinski definition) is 0. The molecule has 61 heavy (non-hydrogen) atoms. The van der Waals surface area contributed by atoms with Crippen molar-refractivity contribution in [3.05, 3.63) is 33.8 Å². The van der Waals surface area contributed by atoms with Gasteiger partial charge in [0.2, 0.25) is 11.8 Å². The van der Waals surface area contributed by atoms with Crippen LogP contribution in [0.25, 0.3) is 20.3 Å². The van der Waals surface area contributed by atoms with E-state index >= 15 is 0 Å². The quantitative estimate of drug-likeness (QED) is 0.0424. The Morgan fingerprint density at radius 2 is 0.869 bits per heavy atom. The summed E-state index contributed by atoms with van der Waals surface area (Å²) in [6.45, 7) is 12.4. The molecule has 0 fully saturated rings. The Bertz CT molecular complexity index is 1680. The third-order valence-corrected chi connectivity index (χ3v) is 14.5. The van der Waals surface area contributed by atoms with Crippen LogP contribution in [-0.2, 0) is 0 Å². The SMILES string of the molecule is CCCCCCCCCCCCOc1nc(C)sc1-c1sc(-c2ccc(C)c3c2C(=O)N(CCCCCCCCCCCC)C3=O)nc1OCCCCCCCCCCCC. The molecule has 2 aromatic heterocycles. The molecule has 0 bridgehead atoms. The summed E-state index contributed by atoms with van der Waals surface area (Å²) < 4.78 is 12.9. The number of benzene rings is 1. The molecular weight excluding hydrogens is 795 g/mol. The van der Waals surface area contributed by atoms with E-state index in [4.69, 9.17) is 19.4 Å². The van der Waals surface area contributed by atoms with Crippen LogP contribution in [0.2, 0.25) is 0 Å². The fourth-order valence-corrected chi connectivity index (χ4v) is 10.6. The summed E-state index contributed by atoms with van der Waals surface area (Å²) in [5.41, 5.74) is 2.54. The van der Waals surface area contributed by atoms with Crippen LogP contribution in [0.15, 0.2) is 12.1 Å². The van der Waals surface area contributed by atoms with E-state index in [-0.39, 0.29) is 11.8 Å². The molecule has 342 valence electrons. The Balaban J connectivity index is 1.43. The Labute approximate surface area is 379 Å². The summed E-state index contributed by atoms with van der Waals surface area (Å²) in [6.07, 6.45) is 37.5. The van der Waals surface area contributed by atoms with Crippen LogP contribution in [-0.4, -0.2) is 46.4 Å². The molecule has 1 aliphatic rings. The molecule has 0 aliphatic carbocycles. The number of unbranched alkanes of at least 4 members (excludes halogenated alkanes) is 27. The number of nitrogens with zero attached hydrogens (tertiary/aromatic N) is 3. The third kappa shape index (κ3) is 17.4. The van der Waals surface area contributed by atoms with Gasteiger partial charge in [0.15, 0.2) is 0 Å². The van der Waals surface area contributed by atoms with Gasteiger partial charge in [0, 0.05) is 12.1 Å². The minimum absolute atomic E-state index is 0.176. The second-order valence-corrected chi connectivity index (χ2v) is 19.9. The van der Waals surface area contributed by atoms with Gasteiger partial charge >= 0.3 is 0 Å². The van der Waals surface area contributed by atoms with Gasteiger partial charge in [-0.3, -0.25) is 14.5 Å². The summed E-state index contributed by atoms with van der Waals surface area (Å²) >= 11 is 3.13. The number of hydrogen-bond acceptors (Lipinski definition) is 8. The topological polar surface area (TPSA) is 81.6 Å². The monoisotopic (exact) mass is 878 g/mol. The van der Waals surface area contributed by atoms with Crippen LogP contribution >= 0.6 is 22.7 Å². The second-order valence-electron chi connectivity index (χ2n) is 17.7. The normalized spacial score (nSPS) is 12.6. The predicted molar refractivity (Wildman–Crippen MR) is 260 cm³/mol. The first-order valence-corrected chi connectivity index (χ1v) is 26.8. The lowest BCUT2D eigenvalue weighted by molar-refractivity contribution is 0.0651. The highest BCUT2D eigenvalue weighted by Crippen LogP contribution is 2.48. The maximum absolute atomic E-state index is 14.2. The molecule has 0 spiro atoms. The standard InChI is InChI=1S/C52H83N3O4S2/c1-6-9-12-15-18-21-24-27-30-33-38-55-51(56)44-41(4)36-37-43(45(44)52(55)57)50-54-49(59-40-35-32-29-26-23-20-17-14-11-8-3)47(61-50)46-48(53-42(5)60-46)58-39-34-31-28-25-22-19-16-13-10-7-2/h36-37H,6-35,38-40H2,1-5H3. The average Bonchev–Trinajstić information content (AvgIpc) is 3.92. The Morgan fingerprint density at radius 3 is 1.34 bits per heavy atom. The second kappa shape index (κ2) is 30.3. The average molecular weight is 878 g/mol. The van der Waals surface area contributed by atoms with Gasteiger partial charge in [0.1, 0.15) is 14.8 Å². The van der Waals surface area contributed by atoms with Crippen molar-refractivity contribution in [2.24, 2.45) is 0 Å². The molecule has 3 aromatic rings.